The summed E-state index contributed by atoms with van der Waals surface area (Å²) >= 11 is 2.37. The number of hydrogen-bond acceptors (Lipinski definition) is 1. The molecule has 24 heavy (non-hydrogen) atoms. The zero-order chi connectivity index (χ0) is 16.5. The first-order valence-corrected chi connectivity index (χ1v) is 9.02. The molecule has 0 aliphatic rings. The van der Waals surface area contributed by atoms with Crippen molar-refractivity contribution in [2.45, 2.75) is 6.92 Å². The van der Waals surface area contributed by atoms with Gasteiger partial charge < -0.3 is 0 Å². The Hall–Kier alpha value is -2.20. The molecule has 3 aromatic carbocycles. The van der Waals surface area contributed by atoms with Crippen LogP contribution >= 0.6 is 22.6 Å². The molecule has 0 unspecified atom stereocenters. The van der Waals surface area contributed by atoms with Crippen molar-refractivity contribution in [1.29, 1.82) is 0 Å². The number of halogens is 1. The summed E-state index contributed by atoms with van der Waals surface area (Å²) in [6.45, 7) is 2.10. The molecule has 0 N–H and O–H groups in total. The van der Waals surface area contributed by atoms with Crippen LogP contribution in [0.25, 0.3) is 33.2 Å². The van der Waals surface area contributed by atoms with Crippen LogP contribution in [0.5, 0.6) is 0 Å². The number of fused-ring (bicyclic) bond motifs is 1. The molecule has 0 atom stereocenters. The largest absolute Gasteiger partial charge is 0.252 e. The van der Waals surface area contributed by atoms with Gasteiger partial charge in [-0.05, 0) is 58.8 Å². The Morgan fingerprint density at radius 2 is 1.29 bits per heavy atom. The number of benzene rings is 3. The summed E-state index contributed by atoms with van der Waals surface area (Å²) in [5.41, 5.74) is 7.04. The van der Waals surface area contributed by atoms with Crippen molar-refractivity contribution in [3.8, 4) is 22.3 Å². The fraction of sp³-hybridized carbons (Fsp3) is 0.0455. The van der Waals surface area contributed by atoms with Crippen LogP contribution in [0.2, 0.25) is 0 Å². The fourth-order valence-electron chi connectivity index (χ4n) is 3.22. The Bertz CT molecular complexity index is 1010. The van der Waals surface area contributed by atoms with Gasteiger partial charge in [-0.25, -0.2) is 0 Å². The average Bonchev–Trinajstić information content (AvgIpc) is 2.62. The quantitative estimate of drug-likeness (QED) is 0.338. The lowest BCUT2D eigenvalue weighted by Gasteiger charge is -2.16. The molecule has 0 fully saturated rings. The van der Waals surface area contributed by atoms with Crippen LogP contribution in [0.15, 0.2) is 78.9 Å². The highest BCUT2D eigenvalue weighted by molar-refractivity contribution is 14.1. The SMILES string of the molecule is Cc1nc2ccc(I)cc2c(-c2ccccc2)c1-c1ccccc1. The lowest BCUT2D eigenvalue weighted by molar-refractivity contribution is 1.26. The standard InChI is InChI=1S/C22H16IN/c1-15-21(16-8-4-2-5-9-16)22(17-10-6-3-7-11-17)19-14-18(23)12-13-20(19)24-15/h2-14H,1H3. The minimum Gasteiger partial charge on any atom is -0.252 e. The van der Waals surface area contributed by atoms with Crippen molar-refractivity contribution in [2.75, 3.05) is 0 Å². The summed E-state index contributed by atoms with van der Waals surface area (Å²) in [5, 5.41) is 1.21. The van der Waals surface area contributed by atoms with Gasteiger partial charge in [-0.1, -0.05) is 60.7 Å². The number of rotatable bonds is 2. The Kier molecular flexibility index (Phi) is 4.07. The summed E-state index contributed by atoms with van der Waals surface area (Å²) in [4.78, 5) is 4.88. The van der Waals surface area contributed by atoms with Gasteiger partial charge in [-0.15, -0.1) is 0 Å². The summed E-state index contributed by atoms with van der Waals surface area (Å²) < 4.78 is 1.22. The second-order valence-electron chi connectivity index (χ2n) is 5.84. The summed E-state index contributed by atoms with van der Waals surface area (Å²) in [5.74, 6) is 0. The van der Waals surface area contributed by atoms with E-state index in [0.717, 1.165) is 11.2 Å². The second-order valence-corrected chi connectivity index (χ2v) is 7.09. The van der Waals surface area contributed by atoms with E-state index in [4.69, 9.17) is 4.98 Å². The first-order valence-electron chi connectivity index (χ1n) is 7.95. The maximum atomic E-state index is 4.88. The minimum atomic E-state index is 1.05. The zero-order valence-electron chi connectivity index (χ0n) is 13.3. The molecular weight excluding hydrogens is 405 g/mol. The number of aryl methyl sites for hydroxylation is 1. The highest BCUT2D eigenvalue weighted by atomic mass is 127. The predicted octanol–water partition coefficient (Wildman–Crippen LogP) is 6.48. The Morgan fingerprint density at radius 3 is 1.92 bits per heavy atom. The molecule has 1 nitrogen and oxygen atoms in total. The topological polar surface area (TPSA) is 12.9 Å². The van der Waals surface area contributed by atoms with Crippen molar-refractivity contribution in [3.05, 3.63) is 88.1 Å². The zero-order valence-corrected chi connectivity index (χ0v) is 15.5. The van der Waals surface area contributed by atoms with Crippen LogP contribution in [0.1, 0.15) is 5.69 Å². The maximum absolute atomic E-state index is 4.88. The third-order valence-electron chi connectivity index (χ3n) is 4.25. The monoisotopic (exact) mass is 421 g/mol. The van der Waals surface area contributed by atoms with E-state index >= 15 is 0 Å². The van der Waals surface area contributed by atoms with Crippen molar-refractivity contribution in [1.82, 2.24) is 4.98 Å². The van der Waals surface area contributed by atoms with E-state index in [2.05, 4.69) is 108 Å². The third-order valence-corrected chi connectivity index (χ3v) is 4.92. The van der Waals surface area contributed by atoms with Crippen LogP contribution in [-0.2, 0) is 0 Å². The fourth-order valence-corrected chi connectivity index (χ4v) is 3.71. The van der Waals surface area contributed by atoms with Crippen LogP contribution < -0.4 is 0 Å². The minimum absolute atomic E-state index is 1.05. The number of pyridine rings is 1. The Balaban J connectivity index is 2.17. The smallest absolute Gasteiger partial charge is 0.0712 e. The molecule has 1 heterocycles. The van der Waals surface area contributed by atoms with E-state index < -0.39 is 0 Å². The molecule has 0 amide bonds. The van der Waals surface area contributed by atoms with E-state index in [-0.39, 0.29) is 0 Å². The van der Waals surface area contributed by atoms with Crippen molar-refractivity contribution >= 4 is 33.5 Å². The Labute approximate surface area is 155 Å². The van der Waals surface area contributed by atoms with Gasteiger partial charge in [-0.2, -0.15) is 0 Å². The summed E-state index contributed by atoms with van der Waals surface area (Å²) in [7, 11) is 0. The van der Waals surface area contributed by atoms with Gasteiger partial charge in [-0.3, -0.25) is 4.98 Å². The van der Waals surface area contributed by atoms with E-state index in [1.165, 1.54) is 31.2 Å². The lowest BCUT2D eigenvalue weighted by Crippen LogP contribution is -1.95. The van der Waals surface area contributed by atoms with Gasteiger partial charge in [0.25, 0.3) is 0 Å². The molecule has 2 heteroatoms. The van der Waals surface area contributed by atoms with Gasteiger partial charge in [0.1, 0.15) is 0 Å². The van der Waals surface area contributed by atoms with Crippen LogP contribution in [-0.4, -0.2) is 4.98 Å². The molecule has 0 aliphatic carbocycles. The normalized spacial score (nSPS) is 10.9. The first-order chi connectivity index (χ1) is 11.7. The van der Waals surface area contributed by atoms with E-state index in [1.54, 1.807) is 0 Å². The highest BCUT2D eigenvalue weighted by Crippen LogP contribution is 2.39. The molecule has 116 valence electrons. The summed E-state index contributed by atoms with van der Waals surface area (Å²) in [6, 6.07) is 27.6. The maximum Gasteiger partial charge on any atom is 0.0712 e. The van der Waals surface area contributed by atoms with Crippen LogP contribution in [0, 0.1) is 10.5 Å². The molecule has 0 radical (unpaired) electrons. The van der Waals surface area contributed by atoms with E-state index in [0.29, 0.717) is 0 Å². The van der Waals surface area contributed by atoms with Crippen molar-refractivity contribution in [3.63, 3.8) is 0 Å². The van der Waals surface area contributed by atoms with Gasteiger partial charge in [0.05, 0.1) is 5.52 Å². The van der Waals surface area contributed by atoms with Crippen LogP contribution in [0.3, 0.4) is 0 Å². The molecule has 4 aromatic rings. The number of nitrogens with zero attached hydrogens (tertiary/aromatic N) is 1. The van der Waals surface area contributed by atoms with Gasteiger partial charge in [0.15, 0.2) is 0 Å². The lowest BCUT2D eigenvalue weighted by atomic mass is 9.90. The van der Waals surface area contributed by atoms with Crippen LogP contribution in [0.4, 0.5) is 0 Å². The molecule has 0 saturated carbocycles. The third kappa shape index (κ3) is 2.71. The first kappa shape index (κ1) is 15.3. The van der Waals surface area contributed by atoms with Gasteiger partial charge in [0, 0.05) is 25.8 Å². The van der Waals surface area contributed by atoms with Crippen molar-refractivity contribution in [2.24, 2.45) is 0 Å². The number of aromatic nitrogens is 1. The number of hydrogen-bond donors (Lipinski definition) is 0. The van der Waals surface area contributed by atoms with Gasteiger partial charge >= 0.3 is 0 Å². The van der Waals surface area contributed by atoms with Crippen molar-refractivity contribution < 1.29 is 0 Å². The van der Waals surface area contributed by atoms with Gasteiger partial charge in [0.2, 0.25) is 0 Å². The predicted molar refractivity (Wildman–Crippen MR) is 110 cm³/mol. The molecule has 4 rings (SSSR count). The molecule has 0 aliphatic heterocycles. The molecule has 0 bridgehead atoms. The van der Waals surface area contributed by atoms with E-state index in [9.17, 15) is 0 Å². The highest BCUT2D eigenvalue weighted by Gasteiger charge is 2.16. The average molecular weight is 421 g/mol. The Morgan fingerprint density at radius 1 is 0.708 bits per heavy atom. The molecular formula is C22H16IN. The molecule has 1 aromatic heterocycles. The molecule has 0 spiro atoms. The molecule has 0 saturated heterocycles. The second kappa shape index (κ2) is 6.36. The van der Waals surface area contributed by atoms with E-state index in [1.807, 2.05) is 0 Å². The summed E-state index contributed by atoms with van der Waals surface area (Å²) in [6.07, 6.45) is 0.